The maximum atomic E-state index is 13.2. The Kier molecular flexibility index (Phi) is 9.76. The van der Waals surface area contributed by atoms with Gasteiger partial charge in [0.25, 0.3) is 5.91 Å². The third kappa shape index (κ3) is 6.72. The summed E-state index contributed by atoms with van der Waals surface area (Å²) in [6.45, 7) is 1.75. The second-order valence-electron chi connectivity index (χ2n) is 8.82. The van der Waals surface area contributed by atoms with Crippen molar-refractivity contribution in [3.05, 3.63) is 48.1 Å². The van der Waals surface area contributed by atoms with E-state index in [1.165, 1.54) is 19.3 Å². The lowest BCUT2D eigenvalue weighted by molar-refractivity contribution is -0.148. The first kappa shape index (κ1) is 26.7. The number of allylic oxidation sites excluding steroid dienone is 4. The molecule has 8 heteroatoms. The number of ketones is 1. The van der Waals surface area contributed by atoms with Crippen LogP contribution in [-0.2, 0) is 9.59 Å². The highest BCUT2D eigenvalue weighted by Crippen LogP contribution is 2.27. The minimum absolute atomic E-state index is 0.0809. The van der Waals surface area contributed by atoms with Crippen LogP contribution in [0.4, 0.5) is 4.39 Å². The van der Waals surface area contributed by atoms with Crippen LogP contribution in [0.2, 0.25) is 0 Å². The maximum absolute atomic E-state index is 13.2. The summed E-state index contributed by atoms with van der Waals surface area (Å²) in [6.07, 6.45) is 9.42. The van der Waals surface area contributed by atoms with Crippen LogP contribution in [0.25, 0.3) is 5.57 Å². The highest BCUT2D eigenvalue weighted by molar-refractivity contribution is 6.01. The number of aliphatic hydroxyl groups is 1. The van der Waals surface area contributed by atoms with Gasteiger partial charge in [0.1, 0.15) is 23.6 Å². The van der Waals surface area contributed by atoms with Crippen LogP contribution in [0.1, 0.15) is 51.5 Å². The number of hydrogen-bond donors (Lipinski definition) is 4. The SMILES string of the molecule is COc1ccc(C2=CC(=O)C(CCCCCNC(C)(C(=O)NO)C(C)(O)CF)CC=C2)cc1. The molecule has 0 spiro atoms. The number of unbranched alkanes of at least 4 members (excludes halogenated alkanes) is 2. The van der Waals surface area contributed by atoms with Crippen molar-refractivity contribution >= 4 is 17.3 Å². The van der Waals surface area contributed by atoms with Crippen LogP contribution in [0, 0.1) is 5.92 Å². The molecule has 0 saturated carbocycles. The van der Waals surface area contributed by atoms with Crippen molar-refractivity contribution in [3.63, 3.8) is 0 Å². The molecule has 33 heavy (non-hydrogen) atoms. The topological polar surface area (TPSA) is 108 Å². The Hall–Kier alpha value is -2.55. The molecule has 1 amide bonds. The third-order valence-electron chi connectivity index (χ3n) is 6.44. The van der Waals surface area contributed by atoms with Crippen LogP contribution in [0.5, 0.6) is 5.75 Å². The second kappa shape index (κ2) is 12.1. The lowest BCUT2D eigenvalue weighted by Gasteiger charge is -2.39. The van der Waals surface area contributed by atoms with Crippen molar-refractivity contribution in [3.8, 4) is 5.75 Å². The Morgan fingerprint density at radius 3 is 2.52 bits per heavy atom. The molecule has 1 aromatic carbocycles. The second-order valence-corrected chi connectivity index (χ2v) is 8.82. The number of amides is 1. The molecular weight excluding hydrogens is 427 g/mol. The number of methoxy groups -OCH3 is 1. The molecular formula is C25H35FN2O5. The van der Waals surface area contributed by atoms with Crippen LogP contribution in [0.3, 0.4) is 0 Å². The minimum Gasteiger partial charge on any atom is -0.497 e. The summed E-state index contributed by atoms with van der Waals surface area (Å²) in [4.78, 5) is 24.7. The zero-order valence-electron chi connectivity index (χ0n) is 19.6. The van der Waals surface area contributed by atoms with E-state index >= 15 is 0 Å². The normalized spacial score (nSPS) is 19.8. The van der Waals surface area contributed by atoms with Gasteiger partial charge in [-0.25, -0.2) is 9.87 Å². The lowest BCUT2D eigenvalue weighted by Crippen LogP contribution is -2.68. The molecule has 1 aliphatic rings. The predicted octanol–water partition coefficient (Wildman–Crippen LogP) is 3.36. The molecule has 0 saturated heterocycles. The Balaban J connectivity index is 1.83. The molecule has 1 aliphatic carbocycles. The molecule has 182 valence electrons. The number of ether oxygens (including phenoxy) is 1. The van der Waals surface area contributed by atoms with E-state index in [0.717, 1.165) is 36.1 Å². The number of halogens is 1. The molecule has 0 aromatic heterocycles. The van der Waals surface area contributed by atoms with Crippen LogP contribution in [0.15, 0.2) is 42.5 Å². The van der Waals surface area contributed by atoms with E-state index in [4.69, 9.17) is 9.94 Å². The highest BCUT2D eigenvalue weighted by Gasteiger charge is 2.49. The number of hydrogen-bond acceptors (Lipinski definition) is 6. The fourth-order valence-corrected chi connectivity index (χ4v) is 3.81. The number of nitrogens with one attached hydrogen (secondary N) is 2. The van der Waals surface area contributed by atoms with Crippen molar-refractivity contribution in [2.45, 2.75) is 57.1 Å². The third-order valence-corrected chi connectivity index (χ3v) is 6.44. The minimum atomic E-state index is -1.98. The fourth-order valence-electron chi connectivity index (χ4n) is 3.81. The fraction of sp³-hybridized carbons (Fsp3) is 0.520. The molecule has 0 fully saturated rings. The summed E-state index contributed by atoms with van der Waals surface area (Å²) >= 11 is 0. The Bertz CT molecular complexity index is 866. The summed E-state index contributed by atoms with van der Waals surface area (Å²) in [7, 11) is 1.61. The van der Waals surface area contributed by atoms with Gasteiger partial charge in [-0.2, -0.15) is 0 Å². The van der Waals surface area contributed by atoms with Gasteiger partial charge in [0.05, 0.1) is 7.11 Å². The number of rotatable bonds is 12. The zero-order valence-corrected chi connectivity index (χ0v) is 19.6. The molecule has 1 aromatic rings. The molecule has 2 rings (SSSR count). The van der Waals surface area contributed by atoms with E-state index in [1.54, 1.807) is 13.2 Å². The molecule has 0 heterocycles. The first-order chi connectivity index (χ1) is 15.7. The average Bonchev–Trinajstić information content (AvgIpc) is 3.01. The van der Waals surface area contributed by atoms with Gasteiger partial charge >= 0.3 is 0 Å². The molecule has 0 bridgehead atoms. The Morgan fingerprint density at radius 2 is 1.91 bits per heavy atom. The van der Waals surface area contributed by atoms with Gasteiger partial charge in [-0.15, -0.1) is 0 Å². The Morgan fingerprint density at radius 1 is 1.21 bits per heavy atom. The maximum Gasteiger partial charge on any atom is 0.266 e. The standard InChI is InChI=1S/C25H35FN2O5/c1-24(31,17-26)25(2,23(30)28-32)27-15-6-4-5-8-19-9-7-10-20(16-22(19)29)18-11-13-21(33-3)14-12-18/h7,10-14,16,19,27,31-32H,4-6,8-9,15,17H2,1-3H3,(H,28,30). The van der Waals surface area contributed by atoms with Gasteiger partial charge in [0.15, 0.2) is 5.78 Å². The molecule has 3 atom stereocenters. The van der Waals surface area contributed by atoms with Crippen LogP contribution >= 0.6 is 0 Å². The van der Waals surface area contributed by atoms with E-state index in [9.17, 15) is 19.1 Å². The summed E-state index contributed by atoms with van der Waals surface area (Å²) < 4.78 is 18.4. The number of benzene rings is 1. The molecule has 4 N–H and O–H groups in total. The largest absolute Gasteiger partial charge is 0.497 e. The van der Waals surface area contributed by atoms with Crippen molar-refractivity contribution in [2.75, 3.05) is 20.3 Å². The highest BCUT2D eigenvalue weighted by atomic mass is 19.1. The quantitative estimate of drug-likeness (QED) is 0.216. The lowest BCUT2D eigenvalue weighted by atomic mass is 9.82. The van der Waals surface area contributed by atoms with Gasteiger partial charge in [-0.3, -0.25) is 14.8 Å². The summed E-state index contributed by atoms with van der Waals surface area (Å²) in [5.74, 6) is -0.112. The summed E-state index contributed by atoms with van der Waals surface area (Å²) in [5.41, 5.74) is -0.320. The predicted molar refractivity (Wildman–Crippen MR) is 125 cm³/mol. The van der Waals surface area contributed by atoms with Gasteiger partial charge in [-0.1, -0.05) is 37.1 Å². The monoisotopic (exact) mass is 462 g/mol. The van der Waals surface area contributed by atoms with E-state index in [0.29, 0.717) is 19.4 Å². The molecule has 3 unspecified atom stereocenters. The van der Waals surface area contributed by atoms with E-state index in [1.807, 2.05) is 36.4 Å². The number of carbonyl (C=O) groups is 2. The molecule has 0 radical (unpaired) electrons. The first-order valence-corrected chi connectivity index (χ1v) is 11.2. The number of carbonyl (C=O) groups excluding carboxylic acids is 2. The van der Waals surface area contributed by atoms with Gasteiger partial charge < -0.3 is 15.2 Å². The van der Waals surface area contributed by atoms with Crippen molar-refractivity contribution in [1.29, 1.82) is 0 Å². The summed E-state index contributed by atoms with van der Waals surface area (Å²) in [6, 6.07) is 7.60. The smallest absolute Gasteiger partial charge is 0.266 e. The van der Waals surface area contributed by atoms with E-state index in [-0.39, 0.29) is 11.7 Å². The molecule has 7 nitrogen and oxygen atoms in total. The van der Waals surface area contributed by atoms with Crippen LogP contribution < -0.4 is 15.5 Å². The van der Waals surface area contributed by atoms with Gasteiger partial charge in [0, 0.05) is 5.92 Å². The van der Waals surface area contributed by atoms with Crippen LogP contribution in [-0.4, -0.2) is 53.5 Å². The van der Waals surface area contributed by atoms with Crippen molar-refractivity contribution < 1.29 is 29.0 Å². The van der Waals surface area contributed by atoms with E-state index in [2.05, 4.69) is 5.32 Å². The van der Waals surface area contributed by atoms with Crippen molar-refractivity contribution in [2.24, 2.45) is 5.92 Å². The van der Waals surface area contributed by atoms with Crippen molar-refractivity contribution in [1.82, 2.24) is 10.8 Å². The van der Waals surface area contributed by atoms with Gasteiger partial charge in [-0.05, 0) is 69.0 Å². The molecule has 0 aliphatic heterocycles. The van der Waals surface area contributed by atoms with Gasteiger partial charge in [0.2, 0.25) is 0 Å². The first-order valence-electron chi connectivity index (χ1n) is 11.2. The number of hydroxylamine groups is 1. The number of alkyl halides is 1. The summed E-state index contributed by atoms with van der Waals surface area (Å²) in [5, 5.41) is 22.1. The zero-order chi connectivity index (χ0) is 24.5. The van der Waals surface area contributed by atoms with E-state index < -0.39 is 23.7 Å². The average molecular weight is 463 g/mol. The Labute approximate surface area is 194 Å².